The largest absolute Gasteiger partial charge is 0.340 e. The number of urea groups is 1. The van der Waals surface area contributed by atoms with Crippen LogP contribution in [0.15, 0.2) is 48.5 Å². The highest BCUT2D eigenvalue weighted by Gasteiger charge is 2.20. The van der Waals surface area contributed by atoms with E-state index in [1.54, 1.807) is 47.4 Å². The third-order valence-electron chi connectivity index (χ3n) is 4.32. The Morgan fingerprint density at radius 3 is 2.78 bits per heavy atom. The van der Waals surface area contributed by atoms with Gasteiger partial charge in [0, 0.05) is 29.9 Å². The lowest BCUT2D eigenvalue weighted by Gasteiger charge is -2.27. The standard InChI is InChI=1S/C19H17F2N5O/c20-16(21)18-24-15-8-2-1-7-14(15)17(25-18)23-12-5-3-6-13(11-12)26-10-4-9-22-19(26)27/h1-3,5-8,11,16H,4,9-10H2,(H,22,27)(H,23,24,25). The van der Waals surface area contributed by atoms with E-state index in [0.29, 0.717) is 35.5 Å². The molecule has 0 saturated carbocycles. The number of anilines is 3. The fourth-order valence-electron chi connectivity index (χ4n) is 3.05. The van der Waals surface area contributed by atoms with Crippen LogP contribution in [-0.2, 0) is 0 Å². The summed E-state index contributed by atoms with van der Waals surface area (Å²) in [7, 11) is 0. The Labute approximate surface area is 154 Å². The molecule has 4 rings (SSSR count). The van der Waals surface area contributed by atoms with Crippen LogP contribution in [0.2, 0.25) is 0 Å². The minimum atomic E-state index is -2.77. The van der Waals surface area contributed by atoms with Gasteiger partial charge in [0.25, 0.3) is 6.43 Å². The number of halogens is 2. The van der Waals surface area contributed by atoms with E-state index in [1.807, 2.05) is 6.07 Å². The quantitative estimate of drug-likeness (QED) is 0.722. The Bertz CT molecular complexity index is 995. The Kier molecular flexibility index (Phi) is 4.53. The number of benzene rings is 2. The molecule has 1 aliphatic rings. The third-order valence-corrected chi connectivity index (χ3v) is 4.32. The number of para-hydroxylation sites is 1. The Morgan fingerprint density at radius 1 is 1.11 bits per heavy atom. The molecule has 2 amide bonds. The van der Waals surface area contributed by atoms with Crippen LogP contribution >= 0.6 is 0 Å². The molecular formula is C19H17F2N5O. The number of nitrogens with zero attached hydrogens (tertiary/aromatic N) is 3. The van der Waals surface area contributed by atoms with Crippen molar-refractivity contribution in [1.82, 2.24) is 15.3 Å². The Balaban J connectivity index is 1.70. The van der Waals surface area contributed by atoms with Crippen LogP contribution < -0.4 is 15.5 Å². The molecule has 2 N–H and O–H groups in total. The summed E-state index contributed by atoms with van der Waals surface area (Å²) in [6.07, 6.45) is -1.91. The first-order valence-electron chi connectivity index (χ1n) is 8.59. The first-order chi connectivity index (χ1) is 13.1. The van der Waals surface area contributed by atoms with Crippen molar-refractivity contribution in [2.45, 2.75) is 12.8 Å². The van der Waals surface area contributed by atoms with Crippen molar-refractivity contribution in [3.05, 3.63) is 54.4 Å². The minimum Gasteiger partial charge on any atom is -0.340 e. The van der Waals surface area contributed by atoms with Crippen molar-refractivity contribution in [3.63, 3.8) is 0 Å². The van der Waals surface area contributed by atoms with Gasteiger partial charge in [0.2, 0.25) is 0 Å². The second kappa shape index (κ2) is 7.14. The molecular weight excluding hydrogens is 352 g/mol. The van der Waals surface area contributed by atoms with E-state index < -0.39 is 12.2 Å². The maximum atomic E-state index is 13.2. The number of alkyl halides is 2. The predicted molar refractivity (Wildman–Crippen MR) is 99.6 cm³/mol. The molecule has 0 atom stereocenters. The first kappa shape index (κ1) is 17.1. The summed E-state index contributed by atoms with van der Waals surface area (Å²) in [6, 6.07) is 14.1. The summed E-state index contributed by atoms with van der Waals surface area (Å²) in [5, 5.41) is 6.54. The third kappa shape index (κ3) is 3.51. The van der Waals surface area contributed by atoms with Gasteiger partial charge < -0.3 is 10.6 Å². The van der Waals surface area contributed by atoms with Gasteiger partial charge in [0.1, 0.15) is 5.82 Å². The molecule has 1 fully saturated rings. The average molecular weight is 369 g/mol. The van der Waals surface area contributed by atoms with Gasteiger partial charge in [-0.25, -0.2) is 23.5 Å². The first-order valence-corrected chi connectivity index (χ1v) is 8.59. The highest BCUT2D eigenvalue weighted by molar-refractivity contribution is 5.94. The molecule has 1 aliphatic heterocycles. The number of hydrogen-bond donors (Lipinski definition) is 2. The highest BCUT2D eigenvalue weighted by Crippen LogP contribution is 2.28. The SMILES string of the molecule is O=C1NCCCN1c1cccc(Nc2nc(C(F)F)nc3ccccc23)c1. The summed E-state index contributed by atoms with van der Waals surface area (Å²) in [5.41, 5.74) is 1.82. The lowest BCUT2D eigenvalue weighted by atomic mass is 10.2. The maximum Gasteiger partial charge on any atom is 0.321 e. The normalized spacial score (nSPS) is 14.5. The molecule has 0 aliphatic carbocycles. The molecule has 27 heavy (non-hydrogen) atoms. The Morgan fingerprint density at radius 2 is 1.96 bits per heavy atom. The van der Waals surface area contributed by atoms with E-state index in [1.165, 1.54) is 0 Å². The van der Waals surface area contributed by atoms with Gasteiger partial charge in [-0.1, -0.05) is 18.2 Å². The van der Waals surface area contributed by atoms with Crippen molar-refractivity contribution in [2.75, 3.05) is 23.3 Å². The summed E-state index contributed by atoms with van der Waals surface area (Å²) in [6.45, 7) is 1.29. The van der Waals surface area contributed by atoms with Crippen molar-refractivity contribution in [2.24, 2.45) is 0 Å². The van der Waals surface area contributed by atoms with Gasteiger partial charge in [-0.2, -0.15) is 0 Å². The highest BCUT2D eigenvalue weighted by atomic mass is 19.3. The van der Waals surface area contributed by atoms with Crippen LogP contribution in [0, 0.1) is 0 Å². The zero-order chi connectivity index (χ0) is 18.8. The van der Waals surface area contributed by atoms with Gasteiger partial charge in [-0.15, -0.1) is 0 Å². The molecule has 6 nitrogen and oxygen atoms in total. The van der Waals surface area contributed by atoms with E-state index >= 15 is 0 Å². The van der Waals surface area contributed by atoms with Gasteiger partial charge in [-0.05, 0) is 36.8 Å². The molecule has 138 valence electrons. The number of nitrogens with one attached hydrogen (secondary N) is 2. The van der Waals surface area contributed by atoms with Crippen LogP contribution in [0.5, 0.6) is 0 Å². The van der Waals surface area contributed by atoms with E-state index in [-0.39, 0.29) is 6.03 Å². The second-order valence-electron chi connectivity index (χ2n) is 6.16. The van der Waals surface area contributed by atoms with Crippen LogP contribution in [0.3, 0.4) is 0 Å². The number of hydrogen-bond acceptors (Lipinski definition) is 4. The molecule has 0 radical (unpaired) electrons. The van der Waals surface area contributed by atoms with Crippen LogP contribution in [0.1, 0.15) is 18.7 Å². The van der Waals surface area contributed by atoms with Gasteiger partial charge in [0.15, 0.2) is 5.82 Å². The van der Waals surface area contributed by atoms with Crippen LogP contribution in [0.4, 0.5) is 30.8 Å². The average Bonchev–Trinajstić information content (AvgIpc) is 2.68. The summed E-state index contributed by atoms with van der Waals surface area (Å²) >= 11 is 0. The van der Waals surface area contributed by atoms with E-state index in [2.05, 4.69) is 20.6 Å². The number of rotatable bonds is 4. The summed E-state index contributed by atoms with van der Waals surface area (Å²) in [4.78, 5) is 21.6. The van der Waals surface area contributed by atoms with Crippen molar-refractivity contribution in [3.8, 4) is 0 Å². The van der Waals surface area contributed by atoms with Crippen molar-refractivity contribution >= 4 is 34.1 Å². The molecule has 3 aromatic rings. The molecule has 2 aromatic carbocycles. The van der Waals surface area contributed by atoms with Gasteiger partial charge in [-0.3, -0.25) is 4.90 Å². The number of carbonyl (C=O) groups excluding carboxylic acids is 1. The monoisotopic (exact) mass is 369 g/mol. The number of aromatic nitrogens is 2. The predicted octanol–water partition coefficient (Wildman–Crippen LogP) is 4.23. The van der Waals surface area contributed by atoms with Crippen LogP contribution in [-0.4, -0.2) is 29.1 Å². The lowest BCUT2D eigenvalue weighted by molar-refractivity contribution is 0.141. The Hall–Kier alpha value is -3.29. The molecule has 2 heterocycles. The second-order valence-corrected chi connectivity index (χ2v) is 6.16. The summed E-state index contributed by atoms with van der Waals surface area (Å²) in [5.74, 6) is -0.223. The van der Waals surface area contributed by atoms with E-state index in [4.69, 9.17) is 0 Å². The number of amides is 2. The molecule has 0 spiro atoms. The van der Waals surface area contributed by atoms with E-state index in [9.17, 15) is 13.6 Å². The van der Waals surface area contributed by atoms with Crippen molar-refractivity contribution in [1.29, 1.82) is 0 Å². The topological polar surface area (TPSA) is 70.2 Å². The molecule has 0 bridgehead atoms. The zero-order valence-corrected chi connectivity index (χ0v) is 14.3. The number of carbonyl (C=O) groups is 1. The molecule has 1 aromatic heterocycles. The summed E-state index contributed by atoms with van der Waals surface area (Å²) < 4.78 is 26.3. The minimum absolute atomic E-state index is 0.147. The number of fused-ring (bicyclic) bond motifs is 1. The van der Waals surface area contributed by atoms with E-state index in [0.717, 1.165) is 12.1 Å². The van der Waals surface area contributed by atoms with Crippen LogP contribution in [0.25, 0.3) is 10.9 Å². The molecule has 0 unspecified atom stereocenters. The zero-order valence-electron chi connectivity index (χ0n) is 14.3. The van der Waals surface area contributed by atoms with Crippen molar-refractivity contribution < 1.29 is 13.6 Å². The molecule has 8 heteroatoms. The lowest BCUT2D eigenvalue weighted by Crippen LogP contribution is -2.46. The molecule has 1 saturated heterocycles. The fraction of sp³-hybridized carbons (Fsp3) is 0.211. The smallest absolute Gasteiger partial charge is 0.321 e. The maximum absolute atomic E-state index is 13.2. The van der Waals surface area contributed by atoms with Gasteiger partial charge >= 0.3 is 6.03 Å². The van der Waals surface area contributed by atoms with Gasteiger partial charge in [0.05, 0.1) is 5.52 Å². The fourth-order valence-corrected chi connectivity index (χ4v) is 3.05.